The first-order valence-corrected chi connectivity index (χ1v) is 7.14. The Kier molecular flexibility index (Phi) is 2.55. The molecule has 0 saturated carbocycles. The molecule has 3 aromatic rings. The Labute approximate surface area is 127 Å². The maximum atomic E-state index is 5.36. The monoisotopic (exact) mass is 294 g/mol. The number of hydrogen-bond donors (Lipinski definition) is 2. The smallest absolute Gasteiger partial charge is 0.134 e. The summed E-state index contributed by atoms with van der Waals surface area (Å²) in [6, 6.07) is 16.2. The number of aromatic nitrogens is 1. The van der Waals surface area contributed by atoms with Crippen LogP contribution < -0.4 is 0 Å². The van der Waals surface area contributed by atoms with E-state index < -0.39 is 0 Å². The Morgan fingerprint density at radius 1 is 0.900 bits per heavy atom. The van der Waals surface area contributed by atoms with Crippen LogP contribution in [0.4, 0.5) is 0 Å². The fourth-order valence-corrected chi connectivity index (χ4v) is 3.21. The van der Waals surface area contributed by atoms with Crippen molar-refractivity contribution in [2.75, 3.05) is 0 Å². The minimum Gasteiger partial charge on any atom is -0.348 e. The second-order valence-corrected chi connectivity index (χ2v) is 5.54. The predicted molar refractivity (Wildman–Crippen MR) is 89.3 cm³/mol. The number of H-pyrrole nitrogens is 1. The summed E-state index contributed by atoms with van der Waals surface area (Å²) in [7, 11) is 0. The number of aromatic amines is 1. The molecule has 0 unspecified atom stereocenters. The molecule has 1 aliphatic rings. The molecule has 0 fully saturated rings. The Bertz CT molecular complexity index is 890. The minimum atomic E-state index is 0.648. The third-order valence-electron chi connectivity index (χ3n) is 3.56. The van der Waals surface area contributed by atoms with Crippen molar-refractivity contribution in [2.24, 2.45) is 4.99 Å². The molecular weight excluding hydrogens is 284 g/mol. The maximum Gasteiger partial charge on any atom is 0.134 e. The van der Waals surface area contributed by atoms with Crippen molar-refractivity contribution in [3.8, 4) is 0 Å². The van der Waals surface area contributed by atoms with Crippen LogP contribution in [0.3, 0.4) is 0 Å². The first kappa shape index (κ1) is 11.9. The van der Waals surface area contributed by atoms with Crippen molar-refractivity contribution in [1.29, 1.82) is 0 Å². The Hall–Kier alpha value is -1.91. The van der Waals surface area contributed by atoms with Gasteiger partial charge in [0.25, 0.3) is 0 Å². The van der Waals surface area contributed by atoms with E-state index in [4.69, 9.17) is 12.2 Å². The number of nitrogens with one attached hydrogen (secondary N) is 1. The second-order valence-electron chi connectivity index (χ2n) is 4.71. The van der Waals surface area contributed by atoms with Crippen LogP contribution in [0.5, 0.6) is 0 Å². The zero-order valence-electron chi connectivity index (χ0n) is 10.4. The van der Waals surface area contributed by atoms with Crippen molar-refractivity contribution in [1.82, 2.24) is 4.98 Å². The van der Waals surface area contributed by atoms with Crippen LogP contribution in [-0.4, -0.2) is 15.7 Å². The SMILES string of the molecule is S=C1N=C(c2[nH]c(S)c3ccccc23)c2ccccc21. The zero-order chi connectivity index (χ0) is 13.7. The molecule has 0 aliphatic carbocycles. The molecule has 1 N–H and O–H groups in total. The van der Waals surface area contributed by atoms with Crippen LogP contribution in [-0.2, 0) is 0 Å². The summed E-state index contributed by atoms with van der Waals surface area (Å²) in [5.41, 5.74) is 4.00. The third-order valence-corrected chi connectivity index (χ3v) is 4.22. The first-order valence-electron chi connectivity index (χ1n) is 6.28. The van der Waals surface area contributed by atoms with Gasteiger partial charge < -0.3 is 4.98 Å². The molecule has 0 bridgehead atoms. The van der Waals surface area contributed by atoms with Gasteiger partial charge in [0.05, 0.1) is 16.4 Å². The maximum absolute atomic E-state index is 5.36. The van der Waals surface area contributed by atoms with Crippen LogP contribution in [0.2, 0.25) is 0 Å². The fraction of sp³-hybridized carbons (Fsp3) is 0. The molecule has 1 aliphatic heterocycles. The topological polar surface area (TPSA) is 28.1 Å². The van der Waals surface area contributed by atoms with Crippen molar-refractivity contribution >= 4 is 46.3 Å². The summed E-state index contributed by atoms with van der Waals surface area (Å²) < 4.78 is 0. The summed E-state index contributed by atoms with van der Waals surface area (Å²) in [5, 5.41) is 3.08. The van der Waals surface area contributed by atoms with E-state index in [1.54, 1.807) is 0 Å². The Morgan fingerprint density at radius 2 is 1.55 bits per heavy atom. The quantitative estimate of drug-likeness (QED) is 0.515. The Balaban J connectivity index is 2.02. The minimum absolute atomic E-state index is 0.648. The summed E-state index contributed by atoms with van der Waals surface area (Å²) in [6.07, 6.45) is 0. The molecule has 2 aromatic carbocycles. The van der Waals surface area contributed by atoms with Gasteiger partial charge in [-0.3, -0.25) is 0 Å². The van der Waals surface area contributed by atoms with Crippen LogP contribution in [0.1, 0.15) is 16.8 Å². The lowest BCUT2D eigenvalue weighted by Crippen LogP contribution is -2.01. The average Bonchev–Trinajstić information content (AvgIpc) is 2.99. The molecule has 4 heteroatoms. The lowest BCUT2D eigenvalue weighted by atomic mass is 10.0. The third kappa shape index (κ3) is 1.58. The molecule has 0 spiro atoms. The van der Waals surface area contributed by atoms with Crippen LogP contribution in [0, 0.1) is 0 Å². The van der Waals surface area contributed by atoms with E-state index >= 15 is 0 Å². The van der Waals surface area contributed by atoms with Crippen molar-refractivity contribution in [2.45, 2.75) is 5.03 Å². The Morgan fingerprint density at radius 3 is 2.35 bits per heavy atom. The number of thiol groups is 1. The number of fused-ring (bicyclic) bond motifs is 2. The van der Waals surface area contributed by atoms with Gasteiger partial charge in [-0.1, -0.05) is 60.7 Å². The van der Waals surface area contributed by atoms with Gasteiger partial charge in [0.15, 0.2) is 0 Å². The average molecular weight is 294 g/mol. The van der Waals surface area contributed by atoms with E-state index in [-0.39, 0.29) is 0 Å². The molecule has 20 heavy (non-hydrogen) atoms. The lowest BCUT2D eigenvalue weighted by Gasteiger charge is -2.01. The van der Waals surface area contributed by atoms with Gasteiger partial charge in [-0.15, -0.1) is 12.6 Å². The van der Waals surface area contributed by atoms with Gasteiger partial charge in [0.1, 0.15) is 4.99 Å². The highest BCUT2D eigenvalue weighted by atomic mass is 32.1. The van der Waals surface area contributed by atoms with Gasteiger partial charge in [0, 0.05) is 21.9 Å². The number of hydrogen-bond acceptors (Lipinski definition) is 2. The van der Waals surface area contributed by atoms with E-state index in [1.165, 1.54) is 0 Å². The van der Waals surface area contributed by atoms with Crippen LogP contribution >= 0.6 is 24.8 Å². The lowest BCUT2D eigenvalue weighted by molar-refractivity contribution is 1.22. The molecule has 96 valence electrons. The number of aliphatic imine (C=N–C) groups is 1. The summed E-state index contributed by atoms with van der Waals surface area (Å²) in [6.45, 7) is 0. The highest BCUT2D eigenvalue weighted by Gasteiger charge is 2.23. The van der Waals surface area contributed by atoms with E-state index in [1.807, 2.05) is 30.3 Å². The highest BCUT2D eigenvalue weighted by Crippen LogP contribution is 2.30. The van der Waals surface area contributed by atoms with E-state index in [0.29, 0.717) is 4.99 Å². The molecule has 0 saturated heterocycles. The standard InChI is InChI=1S/C16H10N2S2/c19-15-11-7-3-1-5-9(11)13(17-15)14-10-6-2-4-8-12(10)16(20)18-14/h1-8,17,19H. The van der Waals surface area contributed by atoms with E-state index in [2.05, 4.69) is 40.8 Å². The molecule has 1 aromatic heterocycles. The molecule has 4 rings (SSSR count). The van der Waals surface area contributed by atoms with Crippen molar-refractivity contribution in [3.05, 3.63) is 65.4 Å². The van der Waals surface area contributed by atoms with Gasteiger partial charge >= 0.3 is 0 Å². The molecule has 0 radical (unpaired) electrons. The molecule has 2 heterocycles. The predicted octanol–water partition coefficient (Wildman–Crippen LogP) is 3.98. The highest BCUT2D eigenvalue weighted by molar-refractivity contribution is 7.81. The molecule has 2 nitrogen and oxygen atoms in total. The number of nitrogens with zero attached hydrogens (tertiary/aromatic N) is 1. The van der Waals surface area contributed by atoms with Gasteiger partial charge in [-0.2, -0.15) is 0 Å². The first-order chi connectivity index (χ1) is 9.75. The van der Waals surface area contributed by atoms with Gasteiger partial charge in [-0.25, -0.2) is 4.99 Å². The molecule has 0 atom stereocenters. The largest absolute Gasteiger partial charge is 0.348 e. The van der Waals surface area contributed by atoms with E-state index in [0.717, 1.165) is 38.3 Å². The van der Waals surface area contributed by atoms with Crippen LogP contribution in [0.15, 0.2) is 58.5 Å². The van der Waals surface area contributed by atoms with Crippen molar-refractivity contribution in [3.63, 3.8) is 0 Å². The number of thiocarbonyl (C=S) groups is 1. The van der Waals surface area contributed by atoms with Crippen LogP contribution in [0.25, 0.3) is 10.8 Å². The number of rotatable bonds is 1. The number of benzene rings is 2. The normalized spacial score (nSPS) is 13.7. The second kappa shape index (κ2) is 4.30. The fourth-order valence-electron chi connectivity index (χ4n) is 2.64. The van der Waals surface area contributed by atoms with Gasteiger partial charge in [-0.05, 0) is 0 Å². The van der Waals surface area contributed by atoms with E-state index in [9.17, 15) is 0 Å². The molecule has 0 amide bonds. The zero-order valence-corrected chi connectivity index (χ0v) is 12.1. The molecular formula is C16H10N2S2. The van der Waals surface area contributed by atoms with Gasteiger partial charge in [0.2, 0.25) is 0 Å². The summed E-state index contributed by atoms with van der Waals surface area (Å²) >= 11 is 9.87. The van der Waals surface area contributed by atoms with Crippen molar-refractivity contribution < 1.29 is 0 Å². The summed E-state index contributed by atoms with van der Waals surface area (Å²) in [5.74, 6) is 0. The summed E-state index contributed by atoms with van der Waals surface area (Å²) in [4.78, 5) is 8.55.